The first-order valence-electron chi connectivity index (χ1n) is 13.8. The van der Waals surface area contributed by atoms with Crippen molar-refractivity contribution in [2.75, 3.05) is 0 Å². The van der Waals surface area contributed by atoms with E-state index in [0.29, 0.717) is 0 Å². The highest BCUT2D eigenvalue weighted by molar-refractivity contribution is 5.36. The maximum Gasteiger partial charge on any atom is -0.0245 e. The highest BCUT2D eigenvalue weighted by atomic mass is 14.2. The van der Waals surface area contributed by atoms with Gasteiger partial charge in [-0.05, 0) is 54.2 Å². The lowest BCUT2D eigenvalue weighted by molar-refractivity contribution is 0.433. The molecule has 0 fully saturated rings. The minimum Gasteiger partial charge on any atom is -0.0654 e. The van der Waals surface area contributed by atoms with E-state index < -0.39 is 0 Å². The summed E-state index contributed by atoms with van der Waals surface area (Å²) >= 11 is 0. The predicted molar refractivity (Wildman–Crippen MR) is 138 cm³/mol. The summed E-state index contributed by atoms with van der Waals surface area (Å²) in [7, 11) is 0. The van der Waals surface area contributed by atoms with E-state index in [1.165, 1.54) is 109 Å². The predicted octanol–water partition coefficient (Wildman–Crippen LogP) is 10.1. The van der Waals surface area contributed by atoms with E-state index >= 15 is 0 Å². The van der Waals surface area contributed by atoms with Gasteiger partial charge in [0.15, 0.2) is 0 Å². The molecule has 1 rings (SSSR count). The van der Waals surface area contributed by atoms with Crippen molar-refractivity contribution >= 4 is 0 Å². The summed E-state index contributed by atoms with van der Waals surface area (Å²) in [5.74, 6) is 1.73. The first-order chi connectivity index (χ1) is 14.7. The molecule has 174 valence electrons. The second-order valence-electron chi connectivity index (χ2n) is 9.81. The minimum absolute atomic E-state index is 0.865. The molecule has 2 atom stereocenters. The van der Waals surface area contributed by atoms with Gasteiger partial charge in [-0.25, -0.2) is 0 Å². The number of benzene rings is 1. The van der Waals surface area contributed by atoms with E-state index in [9.17, 15) is 0 Å². The fraction of sp³-hybridized carbons (Fsp3) is 0.800. The maximum absolute atomic E-state index is 2.47. The van der Waals surface area contributed by atoms with Crippen molar-refractivity contribution in [3.63, 3.8) is 0 Å². The van der Waals surface area contributed by atoms with Gasteiger partial charge in [0.1, 0.15) is 0 Å². The molecule has 2 unspecified atom stereocenters. The van der Waals surface area contributed by atoms with Crippen molar-refractivity contribution in [2.45, 2.75) is 144 Å². The second kappa shape index (κ2) is 17.9. The van der Waals surface area contributed by atoms with E-state index in [2.05, 4.69) is 52.8 Å². The molecule has 0 aliphatic carbocycles. The molecule has 0 aliphatic heterocycles. The normalized spacial score (nSPS) is 13.5. The lowest BCUT2D eigenvalue weighted by Crippen LogP contribution is -2.12. The molecule has 1 aromatic rings. The maximum atomic E-state index is 2.47. The fourth-order valence-corrected chi connectivity index (χ4v) is 4.96. The van der Waals surface area contributed by atoms with Gasteiger partial charge in [0.25, 0.3) is 0 Å². The van der Waals surface area contributed by atoms with E-state index in [1.807, 2.05) is 0 Å². The number of hydrogen-bond donors (Lipinski definition) is 0. The third-order valence-corrected chi connectivity index (χ3v) is 7.26. The van der Waals surface area contributed by atoms with Crippen molar-refractivity contribution in [1.82, 2.24) is 0 Å². The van der Waals surface area contributed by atoms with Crippen molar-refractivity contribution in [1.29, 1.82) is 0 Å². The topological polar surface area (TPSA) is 0 Å². The van der Waals surface area contributed by atoms with E-state index in [-0.39, 0.29) is 0 Å². The number of unbranched alkanes of at least 4 members (excludes halogenated alkanes) is 7. The summed E-state index contributed by atoms with van der Waals surface area (Å²) in [5, 5.41) is 0. The summed E-state index contributed by atoms with van der Waals surface area (Å²) in [4.78, 5) is 0. The summed E-state index contributed by atoms with van der Waals surface area (Å²) in [6, 6.07) is 7.30. The molecule has 0 aromatic heterocycles. The van der Waals surface area contributed by atoms with Gasteiger partial charge < -0.3 is 0 Å². The Balaban J connectivity index is 2.92. The third kappa shape index (κ3) is 11.0. The Kier molecular flexibility index (Phi) is 16.2. The van der Waals surface area contributed by atoms with Crippen LogP contribution >= 0.6 is 0 Å². The van der Waals surface area contributed by atoms with Gasteiger partial charge in [-0.3, -0.25) is 0 Å². The van der Waals surface area contributed by atoms with Crippen LogP contribution in [0.1, 0.15) is 141 Å². The summed E-state index contributed by atoms with van der Waals surface area (Å²) in [5.41, 5.74) is 5.13. The lowest BCUT2D eigenvalue weighted by atomic mass is 9.82. The largest absolute Gasteiger partial charge is 0.0654 e. The molecular formula is C30H54. The summed E-state index contributed by atoms with van der Waals surface area (Å²) in [6.45, 7) is 11.8. The highest BCUT2D eigenvalue weighted by Gasteiger charge is 2.16. The molecule has 1 aromatic carbocycles. The van der Waals surface area contributed by atoms with Crippen LogP contribution in [0, 0.1) is 11.8 Å². The van der Waals surface area contributed by atoms with E-state index in [0.717, 1.165) is 11.8 Å². The van der Waals surface area contributed by atoms with Crippen molar-refractivity contribution in [3.8, 4) is 0 Å². The van der Waals surface area contributed by atoms with Gasteiger partial charge in [-0.15, -0.1) is 0 Å². The Hall–Kier alpha value is -0.780. The molecule has 0 heteroatoms. The molecule has 0 saturated heterocycles. The van der Waals surface area contributed by atoms with E-state index in [1.54, 1.807) is 16.7 Å². The minimum atomic E-state index is 0.865. The van der Waals surface area contributed by atoms with Crippen molar-refractivity contribution < 1.29 is 0 Å². The average Bonchev–Trinajstić information content (AvgIpc) is 2.77. The summed E-state index contributed by atoms with van der Waals surface area (Å²) in [6.07, 6.45) is 23.2. The molecule has 0 saturated carbocycles. The van der Waals surface area contributed by atoms with Crippen LogP contribution in [0.25, 0.3) is 0 Å². The monoisotopic (exact) mass is 414 g/mol. The van der Waals surface area contributed by atoms with Crippen LogP contribution in [-0.2, 0) is 19.3 Å². The molecule has 0 aliphatic rings. The van der Waals surface area contributed by atoms with Gasteiger partial charge in [-0.1, -0.05) is 136 Å². The third-order valence-electron chi connectivity index (χ3n) is 7.26. The van der Waals surface area contributed by atoms with Crippen molar-refractivity contribution in [2.24, 2.45) is 11.8 Å². The molecule has 0 heterocycles. The van der Waals surface area contributed by atoms with Crippen LogP contribution in [0.5, 0.6) is 0 Å². The first kappa shape index (κ1) is 27.3. The Morgan fingerprint density at radius 1 is 0.567 bits per heavy atom. The number of aryl methyl sites for hydroxylation is 1. The average molecular weight is 415 g/mol. The van der Waals surface area contributed by atoms with E-state index in [4.69, 9.17) is 0 Å². The molecule has 30 heavy (non-hydrogen) atoms. The van der Waals surface area contributed by atoms with Gasteiger partial charge in [0.2, 0.25) is 0 Å². The molecule has 0 spiro atoms. The molecule has 0 radical (unpaired) electrons. The smallest absolute Gasteiger partial charge is 0.0245 e. The first-order valence-corrected chi connectivity index (χ1v) is 13.8. The Morgan fingerprint density at radius 2 is 1.10 bits per heavy atom. The van der Waals surface area contributed by atoms with Crippen LogP contribution in [0.2, 0.25) is 0 Å². The quantitative estimate of drug-likeness (QED) is 0.197. The summed E-state index contributed by atoms with van der Waals surface area (Å²) < 4.78 is 0. The second-order valence-corrected chi connectivity index (χ2v) is 9.81. The Morgan fingerprint density at radius 3 is 1.70 bits per heavy atom. The standard InChI is InChI=1S/C30H54/c1-6-11-14-15-16-17-21-28-22-18-23-29(24-26(9-4)19-12-7-2)30(28)25-27(10-5)20-13-8-3/h18,22-23,26-27H,6-17,19-21,24-25H2,1-5H3. The van der Waals surface area contributed by atoms with Crippen LogP contribution in [-0.4, -0.2) is 0 Å². The molecule has 0 N–H and O–H groups in total. The van der Waals surface area contributed by atoms with Crippen molar-refractivity contribution in [3.05, 3.63) is 34.9 Å². The zero-order valence-corrected chi connectivity index (χ0v) is 21.4. The number of rotatable bonds is 19. The molecule has 0 amide bonds. The number of hydrogen-bond acceptors (Lipinski definition) is 0. The van der Waals surface area contributed by atoms with Crippen LogP contribution in [0.15, 0.2) is 18.2 Å². The Bertz CT molecular complexity index is 515. The van der Waals surface area contributed by atoms with Crippen LogP contribution in [0.3, 0.4) is 0 Å². The zero-order valence-electron chi connectivity index (χ0n) is 21.4. The zero-order chi connectivity index (χ0) is 22.0. The molecule has 0 bridgehead atoms. The van der Waals surface area contributed by atoms with Gasteiger partial charge in [-0.2, -0.15) is 0 Å². The van der Waals surface area contributed by atoms with Gasteiger partial charge >= 0.3 is 0 Å². The van der Waals surface area contributed by atoms with Gasteiger partial charge in [0.05, 0.1) is 0 Å². The fourth-order valence-electron chi connectivity index (χ4n) is 4.96. The van der Waals surface area contributed by atoms with Gasteiger partial charge in [0, 0.05) is 0 Å². The Labute approximate surface area is 190 Å². The molecule has 0 nitrogen and oxygen atoms in total. The molecular weight excluding hydrogens is 360 g/mol. The highest BCUT2D eigenvalue weighted by Crippen LogP contribution is 2.29. The SMILES string of the molecule is CCCCCCCCc1cccc(CC(CC)CCCC)c1CC(CC)CCCC. The van der Waals surface area contributed by atoms with Crippen LogP contribution < -0.4 is 0 Å². The van der Waals surface area contributed by atoms with Crippen LogP contribution in [0.4, 0.5) is 0 Å². The lowest BCUT2D eigenvalue weighted by Gasteiger charge is -2.23.